The van der Waals surface area contributed by atoms with E-state index in [4.69, 9.17) is 14.9 Å². The number of hydrogen-bond donors (Lipinski definition) is 1. The Labute approximate surface area is 216 Å². The molecule has 3 aromatic rings. The van der Waals surface area contributed by atoms with Gasteiger partial charge in [0.2, 0.25) is 17.7 Å². The summed E-state index contributed by atoms with van der Waals surface area (Å²) in [5.74, 6) is 3.65. The van der Waals surface area contributed by atoms with E-state index in [9.17, 15) is 4.79 Å². The largest absolute Gasteiger partial charge is 0.461 e. The molecule has 11 heteroatoms. The van der Waals surface area contributed by atoms with Gasteiger partial charge in [0, 0.05) is 39.4 Å². The van der Waals surface area contributed by atoms with Gasteiger partial charge in [-0.2, -0.15) is 9.50 Å². The maximum Gasteiger partial charge on any atom is 0.245 e. The van der Waals surface area contributed by atoms with Gasteiger partial charge in [-0.3, -0.25) is 4.79 Å². The molecule has 3 saturated heterocycles. The highest BCUT2D eigenvalue weighted by Gasteiger charge is 2.40. The second-order valence-electron chi connectivity index (χ2n) is 10.5. The molecule has 1 atom stereocenters. The number of fused-ring (bicyclic) bond motifs is 1. The summed E-state index contributed by atoms with van der Waals surface area (Å²) in [6.07, 6.45) is 7.15. The van der Waals surface area contributed by atoms with Crippen LogP contribution in [0.1, 0.15) is 32.1 Å². The van der Waals surface area contributed by atoms with Crippen LogP contribution in [-0.4, -0.2) is 94.3 Å². The van der Waals surface area contributed by atoms with Crippen molar-refractivity contribution in [3.05, 3.63) is 24.5 Å². The van der Waals surface area contributed by atoms with Crippen LogP contribution in [0, 0.1) is 11.8 Å². The fourth-order valence-corrected chi connectivity index (χ4v) is 6.14. The summed E-state index contributed by atoms with van der Waals surface area (Å²) in [6, 6.07) is 5.25. The van der Waals surface area contributed by atoms with Gasteiger partial charge in [0.25, 0.3) is 0 Å². The Hall–Kier alpha value is -3.18. The van der Waals surface area contributed by atoms with Crippen molar-refractivity contribution < 1.29 is 13.9 Å². The Bertz CT molecular complexity index is 1210. The maximum atomic E-state index is 13.5. The second-order valence-corrected chi connectivity index (χ2v) is 10.5. The summed E-state index contributed by atoms with van der Waals surface area (Å²) in [7, 11) is 1.77. The molecular weight excluding hydrogens is 472 g/mol. The molecule has 3 fully saturated rings. The van der Waals surface area contributed by atoms with E-state index in [0.717, 1.165) is 63.9 Å². The van der Waals surface area contributed by atoms with Crippen molar-refractivity contribution in [2.45, 2.75) is 38.1 Å². The first-order chi connectivity index (χ1) is 18.1. The molecule has 0 saturated carbocycles. The molecule has 37 heavy (non-hydrogen) atoms. The Morgan fingerprint density at radius 2 is 1.84 bits per heavy atom. The van der Waals surface area contributed by atoms with Gasteiger partial charge in [0.1, 0.15) is 11.9 Å². The molecule has 11 nitrogen and oxygen atoms in total. The zero-order chi connectivity index (χ0) is 25.4. The van der Waals surface area contributed by atoms with E-state index in [1.807, 2.05) is 11.0 Å². The summed E-state index contributed by atoms with van der Waals surface area (Å²) >= 11 is 0. The van der Waals surface area contributed by atoms with Gasteiger partial charge >= 0.3 is 0 Å². The number of hydrogen-bond acceptors (Lipinski definition) is 9. The van der Waals surface area contributed by atoms with Crippen LogP contribution in [0.3, 0.4) is 0 Å². The lowest BCUT2D eigenvalue weighted by atomic mass is 9.78. The molecule has 0 aromatic carbocycles. The number of aromatic nitrogens is 4. The van der Waals surface area contributed by atoms with Gasteiger partial charge in [0.05, 0.1) is 12.9 Å². The van der Waals surface area contributed by atoms with Crippen LogP contribution in [0.5, 0.6) is 0 Å². The normalized spacial score (nSPS) is 22.0. The molecule has 0 unspecified atom stereocenters. The smallest absolute Gasteiger partial charge is 0.245 e. The molecule has 0 bridgehead atoms. The molecule has 3 aromatic heterocycles. The van der Waals surface area contributed by atoms with Gasteiger partial charge in [0.15, 0.2) is 11.4 Å². The third kappa shape index (κ3) is 4.77. The van der Waals surface area contributed by atoms with Crippen LogP contribution in [0.15, 0.2) is 28.9 Å². The number of nitrogens with two attached hydrogens (primary N) is 1. The molecule has 0 spiro atoms. The predicted octanol–water partition coefficient (Wildman–Crippen LogP) is 2.14. The SMILES string of the molecule is COCCN1CCC(C2CCN(C(=O)[C@@H]3CCN3c3cc4nc(-c5ccco5)nn4c(N)n3)CC2)CC1. The van der Waals surface area contributed by atoms with Crippen molar-refractivity contribution in [3.63, 3.8) is 0 Å². The number of rotatable bonds is 7. The van der Waals surface area contributed by atoms with E-state index in [-0.39, 0.29) is 17.9 Å². The number of carbonyl (C=O) groups excluding carboxylic acids is 1. The molecular formula is C26H36N8O3. The summed E-state index contributed by atoms with van der Waals surface area (Å²) in [6.45, 7) is 6.65. The van der Waals surface area contributed by atoms with Crippen LogP contribution < -0.4 is 10.6 Å². The van der Waals surface area contributed by atoms with E-state index >= 15 is 0 Å². The molecule has 198 valence electrons. The van der Waals surface area contributed by atoms with Crippen molar-refractivity contribution in [2.75, 3.05) is 63.6 Å². The summed E-state index contributed by atoms with van der Waals surface area (Å²) < 4.78 is 12.1. The monoisotopic (exact) mass is 508 g/mol. The Morgan fingerprint density at radius 1 is 1.08 bits per heavy atom. The average molecular weight is 509 g/mol. The van der Waals surface area contributed by atoms with Gasteiger partial charge in [-0.15, -0.1) is 5.10 Å². The van der Waals surface area contributed by atoms with Gasteiger partial charge < -0.3 is 29.6 Å². The molecule has 2 N–H and O–H groups in total. The highest BCUT2D eigenvalue weighted by atomic mass is 16.5. The highest BCUT2D eigenvalue weighted by molar-refractivity contribution is 5.87. The first-order valence-corrected chi connectivity index (χ1v) is 13.4. The first-order valence-electron chi connectivity index (χ1n) is 13.4. The molecule has 3 aliphatic rings. The minimum Gasteiger partial charge on any atom is -0.461 e. The number of furan rings is 1. The summed E-state index contributed by atoms with van der Waals surface area (Å²) in [5, 5.41) is 4.41. The molecule has 6 heterocycles. The van der Waals surface area contributed by atoms with E-state index in [0.29, 0.717) is 23.0 Å². The third-order valence-corrected chi connectivity index (χ3v) is 8.44. The number of methoxy groups -OCH3 is 1. The molecule has 1 amide bonds. The lowest BCUT2D eigenvalue weighted by Crippen LogP contribution is -2.58. The Morgan fingerprint density at radius 3 is 2.49 bits per heavy atom. The average Bonchev–Trinajstić information content (AvgIpc) is 3.58. The number of carbonyl (C=O) groups is 1. The van der Waals surface area contributed by atoms with Crippen molar-refractivity contribution in [2.24, 2.45) is 11.8 Å². The standard InChI is InChI=1S/C26H36N8O3/c1-36-16-14-31-9-4-18(5-10-31)19-6-11-32(12-7-19)25(35)20-8-13-33(20)22-17-23-28-24(21-3-2-15-37-21)30-34(23)26(27)29-22/h2-3,15,17-20H,4-14,16H2,1H3,(H2,27,29)/t20-/m0/s1. The quantitative estimate of drug-likeness (QED) is 0.512. The molecule has 3 aliphatic heterocycles. The van der Waals surface area contributed by atoms with Crippen LogP contribution in [0.2, 0.25) is 0 Å². The van der Waals surface area contributed by atoms with Crippen LogP contribution in [0.25, 0.3) is 17.2 Å². The zero-order valence-electron chi connectivity index (χ0n) is 21.5. The zero-order valence-corrected chi connectivity index (χ0v) is 21.5. The van der Waals surface area contributed by atoms with Crippen LogP contribution in [0.4, 0.5) is 11.8 Å². The molecule has 0 radical (unpaired) electrons. The van der Waals surface area contributed by atoms with E-state index in [1.54, 1.807) is 25.5 Å². The molecule has 0 aliphatic carbocycles. The van der Waals surface area contributed by atoms with Crippen LogP contribution in [-0.2, 0) is 9.53 Å². The topological polar surface area (TPSA) is 118 Å². The Kier molecular flexibility index (Phi) is 6.72. The van der Waals surface area contributed by atoms with Gasteiger partial charge in [-0.25, -0.2) is 4.98 Å². The number of piperidine rings is 2. The summed E-state index contributed by atoms with van der Waals surface area (Å²) in [5.41, 5.74) is 6.80. The number of likely N-dealkylation sites (tertiary alicyclic amines) is 2. The number of anilines is 2. The summed E-state index contributed by atoms with van der Waals surface area (Å²) in [4.78, 5) is 29.2. The number of ether oxygens (including phenoxy) is 1. The second kappa shape index (κ2) is 10.3. The minimum atomic E-state index is -0.192. The lowest BCUT2D eigenvalue weighted by molar-refractivity contribution is -0.135. The minimum absolute atomic E-state index is 0.192. The van der Waals surface area contributed by atoms with Gasteiger partial charge in [-0.1, -0.05) is 0 Å². The fourth-order valence-electron chi connectivity index (χ4n) is 6.14. The van der Waals surface area contributed by atoms with Crippen molar-refractivity contribution >= 4 is 23.3 Å². The Balaban J connectivity index is 1.06. The van der Waals surface area contributed by atoms with Gasteiger partial charge in [-0.05, 0) is 69.2 Å². The van der Waals surface area contributed by atoms with Crippen molar-refractivity contribution in [3.8, 4) is 11.6 Å². The van der Waals surface area contributed by atoms with Crippen molar-refractivity contribution in [1.82, 2.24) is 29.4 Å². The van der Waals surface area contributed by atoms with E-state index in [2.05, 4.69) is 24.9 Å². The first kappa shape index (κ1) is 24.2. The highest BCUT2D eigenvalue weighted by Crippen LogP contribution is 2.34. The number of nitrogen functional groups attached to an aromatic ring is 1. The lowest BCUT2D eigenvalue weighted by Gasteiger charge is -2.45. The number of nitrogens with zero attached hydrogens (tertiary/aromatic N) is 7. The predicted molar refractivity (Wildman–Crippen MR) is 139 cm³/mol. The van der Waals surface area contributed by atoms with Crippen molar-refractivity contribution in [1.29, 1.82) is 0 Å². The van der Waals surface area contributed by atoms with Crippen LogP contribution >= 0.6 is 0 Å². The van der Waals surface area contributed by atoms with E-state index in [1.165, 1.54) is 30.4 Å². The van der Waals surface area contributed by atoms with E-state index < -0.39 is 0 Å². The fraction of sp³-hybridized carbons (Fsp3) is 0.615. The number of amides is 1. The third-order valence-electron chi connectivity index (χ3n) is 8.44. The maximum absolute atomic E-state index is 13.5. The molecule has 6 rings (SSSR count).